The lowest BCUT2D eigenvalue weighted by molar-refractivity contribution is 0.143. The molecule has 5 heterocycles. The molecule has 2 aliphatic rings. The van der Waals surface area contributed by atoms with Crippen LogP contribution in [0.1, 0.15) is 17.1 Å². The second-order valence-electron chi connectivity index (χ2n) is 7.87. The van der Waals surface area contributed by atoms with Crippen molar-refractivity contribution in [3.8, 4) is 5.88 Å². The van der Waals surface area contributed by atoms with E-state index in [1.807, 2.05) is 43.3 Å². The van der Waals surface area contributed by atoms with Crippen LogP contribution in [0.25, 0.3) is 0 Å². The minimum atomic E-state index is -3.81. The number of likely N-dealkylation sites (tertiary alicyclic amines) is 1. The van der Waals surface area contributed by atoms with Crippen LogP contribution in [-0.2, 0) is 23.1 Å². The Morgan fingerprint density at radius 2 is 1.81 bits per heavy atom. The van der Waals surface area contributed by atoms with Gasteiger partial charge in [-0.15, -0.1) is 0 Å². The Labute approximate surface area is 181 Å². The van der Waals surface area contributed by atoms with Gasteiger partial charge in [0.1, 0.15) is 11.0 Å². The minimum absolute atomic E-state index is 0.104. The van der Waals surface area contributed by atoms with E-state index in [0.717, 1.165) is 11.4 Å². The number of sulfonamides is 1. The molecule has 0 aromatic carbocycles. The van der Waals surface area contributed by atoms with E-state index in [4.69, 9.17) is 4.74 Å². The number of aryl methyl sites for hydroxylation is 1. The van der Waals surface area contributed by atoms with Crippen molar-refractivity contribution in [2.45, 2.75) is 37.1 Å². The number of hydrogen-bond acceptors (Lipinski definition) is 7. The molecular weight excluding hydrogens is 414 g/mol. The molecule has 0 bridgehead atoms. The average Bonchev–Trinajstić information content (AvgIpc) is 3.11. The van der Waals surface area contributed by atoms with Gasteiger partial charge >= 0.3 is 0 Å². The van der Waals surface area contributed by atoms with E-state index in [1.54, 1.807) is 24.5 Å². The fourth-order valence-electron chi connectivity index (χ4n) is 4.23. The number of pyridine rings is 3. The van der Waals surface area contributed by atoms with Crippen molar-refractivity contribution in [1.82, 2.24) is 24.2 Å². The summed E-state index contributed by atoms with van der Waals surface area (Å²) in [5.41, 5.74) is 2.60. The van der Waals surface area contributed by atoms with Crippen molar-refractivity contribution in [3.63, 3.8) is 0 Å². The SMILES string of the molecule is Cc1cccc(CN2C[C@H]3Oc4ncccc4S(=O)(=O)N(Cc4ccccn4)[C@H]3C2)n1. The number of fused-ring (bicyclic) bond motifs is 2. The van der Waals surface area contributed by atoms with Gasteiger partial charge in [-0.25, -0.2) is 13.4 Å². The monoisotopic (exact) mass is 437 g/mol. The first-order valence-corrected chi connectivity index (χ1v) is 11.6. The van der Waals surface area contributed by atoms with Crippen molar-refractivity contribution in [3.05, 3.63) is 78.0 Å². The molecule has 5 rings (SSSR count). The lowest BCUT2D eigenvalue weighted by Gasteiger charge is -2.27. The third-order valence-corrected chi connectivity index (χ3v) is 7.53. The fourth-order valence-corrected chi connectivity index (χ4v) is 5.92. The topological polar surface area (TPSA) is 88.5 Å². The zero-order valence-electron chi connectivity index (χ0n) is 17.1. The average molecular weight is 438 g/mol. The maximum Gasteiger partial charge on any atom is 0.249 e. The summed E-state index contributed by atoms with van der Waals surface area (Å²) in [6, 6.07) is 14.3. The summed E-state index contributed by atoms with van der Waals surface area (Å²) < 4.78 is 34.9. The second kappa shape index (κ2) is 7.99. The van der Waals surface area contributed by atoms with Gasteiger partial charge < -0.3 is 4.74 Å². The zero-order chi connectivity index (χ0) is 21.4. The molecule has 9 heteroatoms. The summed E-state index contributed by atoms with van der Waals surface area (Å²) >= 11 is 0. The van der Waals surface area contributed by atoms with Crippen molar-refractivity contribution in [1.29, 1.82) is 0 Å². The number of nitrogens with zero attached hydrogens (tertiary/aromatic N) is 5. The lowest BCUT2D eigenvalue weighted by Crippen LogP contribution is -2.46. The van der Waals surface area contributed by atoms with Crippen LogP contribution < -0.4 is 4.74 Å². The van der Waals surface area contributed by atoms with Gasteiger partial charge in [0.05, 0.1) is 24.0 Å². The van der Waals surface area contributed by atoms with Crippen molar-refractivity contribution >= 4 is 10.0 Å². The van der Waals surface area contributed by atoms with Crippen LogP contribution >= 0.6 is 0 Å². The number of hydrogen-bond donors (Lipinski definition) is 0. The van der Waals surface area contributed by atoms with E-state index in [2.05, 4.69) is 19.9 Å². The van der Waals surface area contributed by atoms with E-state index in [9.17, 15) is 8.42 Å². The van der Waals surface area contributed by atoms with Gasteiger partial charge in [0.15, 0.2) is 0 Å². The number of ether oxygens (including phenoxy) is 1. The third kappa shape index (κ3) is 3.91. The van der Waals surface area contributed by atoms with E-state index in [0.29, 0.717) is 25.3 Å². The van der Waals surface area contributed by atoms with Crippen molar-refractivity contribution in [2.24, 2.45) is 0 Å². The Morgan fingerprint density at radius 3 is 2.61 bits per heavy atom. The maximum absolute atomic E-state index is 13.6. The van der Waals surface area contributed by atoms with E-state index >= 15 is 0 Å². The first kappa shape index (κ1) is 20.0. The van der Waals surface area contributed by atoms with Gasteiger partial charge in [-0.1, -0.05) is 12.1 Å². The van der Waals surface area contributed by atoms with E-state index in [1.165, 1.54) is 4.31 Å². The van der Waals surface area contributed by atoms with E-state index < -0.39 is 10.0 Å². The molecule has 0 N–H and O–H groups in total. The first-order chi connectivity index (χ1) is 15.0. The molecule has 31 heavy (non-hydrogen) atoms. The summed E-state index contributed by atoms with van der Waals surface area (Å²) in [7, 11) is -3.81. The molecule has 0 spiro atoms. The number of aromatic nitrogens is 3. The predicted molar refractivity (Wildman–Crippen MR) is 114 cm³/mol. The largest absolute Gasteiger partial charge is 0.470 e. The molecule has 160 valence electrons. The van der Waals surface area contributed by atoms with Gasteiger partial charge in [-0.05, 0) is 43.3 Å². The van der Waals surface area contributed by atoms with Crippen LogP contribution in [0.4, 0.5) is 0 Å². The molecule has 2 atom stereocenters. The molecule has 0 aliphatic carbocycles. The zero-order valence-corrected chi connectivity index (χ0v) is 17.9. The quantitative estimate of drug-likeness (QED) is 0.617. The molecule has 1 fully saturated rings. The van der Waals surface area contributed by atoms with Crippen molar-refractivity contribution < 1.29 is 13.2 Å². The highest BCUT2D eigenvalue weighted by molar-refractivity contribution is 7.89. The molecule has 2 aliphatic heterocycles. The number of rotatable bonds is 4. The molecule has 0 radical (unpaired) electrons. The minimum Gasteiger partial charge on any atom is -0.470 e. The van der Waals surface area contributed by atoms with Gasteiger partial charge in [-0.2, -0.15) is 4.31 Å². The van der Waals surface area contributed by atoms with Crippen LogP contribution in [0.2, 0.25) is 0 Å². The molecule has 0 unspecified atom stereocenters. The van der Waals surface area contributed by atoms with Crippen LogP contribution in [0.5, 0.6) is 5.88 Å². The van der Waals surface area contributed by atoms with Gasteiger partial charge in [0.25, 0.3) is 0 Å². The summed E-state index contributed by atoms with van der Waals surface area (Å²) in [5, 5.41) is 0. The molecular formula is C22H23N5O3S. The standard InChI is InChI=1S/C22H23N5O3S/c1-16-6-4-8-18(25-16)12-26-14-19-20(15-26)30-22-21(9-5-11-24-22)31(28,29)27(19)13-17-7-2-3-10-23-17/h2-11,19-20H,12-15H2,1H3/t19-,20+/m0/s1. The third-order valence-electron chi connectivity index (χ3n) is 5.64. The summed E-state index contributed by atoms with van der Waals surface area (Å²) in [4.78, 5) is 15.4. The molecule has 1 saturated heterocycles. The lowest BCUT2D eigenvalue weighted by atomic mass is 10.2. The van der Waals surface area contributed by atoms with Gasteiger partial charge in [0, 0.05) is 37.7 Å². The normalized spacial score (nSPS) is 22.9. The smallest absolute Gasteiger partial charge is 0.249 e. The fraction of sp³-hybridized carbons (Fsp3) is 0.318. The highest BCUT2D eigenvalue weighted by Crippen LogP contribution is 2.35. The van der Waals surface area contributed by atoms with Gasteiger partial charge in [-0.3, -0.25) is 14.9 Å². The first-order valence-electron chi connectivity index (χ1n) is 10.2. The van der Waals surface area contributed by atoms with Crippen LogP contribution in [-0.4, -0.2) is 57.8 Å². The van der Waals surface area contributed by atoms with Crippen LogP contribution in [0.15, 0.2) is 65.8 Å². The maximum atomic E-state index is 13.6. The predicted octanol–water partition coefficient (Wildman–Crippen LogP) is 2.02. The summed E-state index contributed by atoms with van der Waals surface area (Å²) in [5.74, 6) is 0.163. The highest BCUT2D eigenvalue weighted by Gasteiger charge is 2.47. The Bertz CT molecular complexity index is 1190. The summed E-state index contributed by atoms with van der Waals surface area (Å²) in [6.07, 6.45) is 2.90. The van der Waals surface area contributed by atoms with Crippen molar-refractivity contribution in [2.75, 3.05) is 13.1 Å². The van der Waals surface area contributed by atoms with Gasteiger partial charge in [0.2, 0.25) is 15.9 Å². The van der Waals surface area contributed by atoms with Crippen LogP contribution in [0.3, 0.4) is 0 Å². The Kier molecular flexibility index (Phi) is 5.17. The molecule has 8 nitrogen and oxygen atoms in total. The Hall–Kier alpha value is -2.88. The Morgan fingerprint density at radius 1 is 0.968 bits per heavy atom. The summed E-state index contributed by atoms with van der Waals surface area (Å²) in [6.45, 7) is 3.90. The molecule has 0 saturated carbocycles. The highest BCUT2D eigenvalue weighted by atomic mass is 32.2. The molecule has 3 aromatic heterocycles. The Balaban J connectivity index is 1.50. The van der Waals surface area contributed by atoms with Crippen LogP contribution in [0, 0.1) is 6.92 Å². The van der Waals surface area contributed by atoms with E-state index in [-0.39, 0.29) is 29.5 Å². The molecule has 0 amide bonds. The molecule has 3 aromatic rings. The second-order valence-corrected chi connectivity index (χ2v) is 9.73.